The van der Waals surface area contributed by atoms with Crippen molar-refractivity contribution in [2.24, 2.45) is 5.73 Å². The highest BCUT2D eigenvalue weighted by molar-refractivity contribution is 5.87. The molecule has 16 heavy (non-hydrogen) atoms. The first-order valence-electron chi connectivity index (χ1n) is 5.22. The minimum absolute atomic E-state index is 0.328. The molecule has 0 spiro atoms. The number of carbonyl (C=O) groups is 1. The summed E-state index contributed by atoms with van der Waals surface area (Å²) in [6.45, 7) is 5.35. The van der Waals surface area contributed by atoms with Gasteiger partial charge >= 0.3 is 0 Å². The Morgan fingerprint density at radius 2 is 2.12 bits per heavy atom. The maximum Gasteiger partial charge on any atom is 0.242 e. The van der Waals surface area contributed by atoms with Crippen LogP contribution in [0.3, 0.4) is 0 Å². The molecule has 1 unspecified atom stereocenters. The summed E-state index contributed by atoms with van der Waals surface area (Å²) in [6.07, 6.45) is 0.540. The molecular formula is C12H17FN2O. The quantitative estimate of drug-likeness (QED) is 0.823. The number of nitrogens with two attached hydrogens (primary N) is 1. The number of rotatable bonds is 4. The van der Waals surface area contributed by atoms with Crippen molar-refractivity contribution in [3.8, 4) is 0 Å². The molecule has 88 valence electrons. The van der Waals surface area contributed by atoms with Gasteiger partial charge in [0, 0.05) is 5.69 Å². The van der Waals surface area contributed by atoms with Gasteiger partial charge in [0.2, 0.25) is 5.91 Å². The largest absolute Gasteiger partial charge is 0.371 e. The second-order valence-electron chi connectivity index (χ2n) is 4.19. The van der Waals surface area contributed by atoms with Crippen LogP contribution in [-0.2, 0) is 4.79 Å². The van der Waals surface area contributed by atoms with Crippen molar-refractivity contribution >= 4 is 11.6 Å². The molecule has 0 saturated heterocycles. The number of anilines is 1. The Bertz CT molecular complexity index is 386. The molecule has 0 radical (unpaired) electrons. The van der Waals surface area contributed by atoms with Crippen molar-refractivity contribution < 1.29 is 9.18 Å². The molecule has 1 aromatic carbocycles. The summed E-state index contributed by atoms with van der Waals surface area (Å²) in [5, 5.41) is 2.97. The number of aryl methyl sites for hydroxylation is 1. The molecule has 1 rings (SSSR count). The lowest BCUT2D eigenvalue weighted by atomic mass is 9.97. The van der Waals surface area contributed by atoms with Gasteiger partial charge in [0.05, 0.1) is 0 Å². The fourth-order valence-corrected chi connectivity index (χ4v) is 1.45. The van der Waals surface area contributed by atoms with Crippen molar-refractivity contribution in [3.05, 3.63) is 29.6 Å². The van der Waals surface area contributed by atoms with E-state index in [9.17, 15) is 9.18 Å². The SMILES string of the molecule is CCC(C)(Nc1cc(C)cc(F)c1)C(N)=O. The summed E-state index contributed by atoms with van der Waals surface area (Å²) in [5.74, 6) is -0.776. The highest BCUT2D eigenvalue weighted by Gasteiger charge is 2.28. The fourth-order valence-electron chi connectivity index (χ4n) is 1.45. The van der Waals surface area contributed by atoms with Gasteiger partial charge in [-0.15, -0.1) is 0 Å². The summed E-state index contributed by atoms with van der Waals surface area (Å²) in [4.78, 5) is 11.3. The Morgan fingerprint density at radius 1 is 1.50 bits per heavy atom. The minimum Gasteiger partial charge on any atom is -0.371 e. The van der Waals surface area contributed by atoms with Gasteiger partial charge < -0.3 is 11.1 Å². The summed E-state index contributed by atoms with van der Waals surface area (Å²) in [7, 11) is 0. The van der Waals surface area contributed by atoms with E-state index < -0.39 is 11.4 Å². The van der Waals surface area contributed by atoms with Gasteiger partial charge in [-0.3, -0.25) is 4.79 Å². The smallest absolute Gasteiger partial charge is 0.242 e. The highest BCUT2D eigenvalue weighted by atomic mass is 19.1. The lowest BCUT2D eigenvalue weighted by Crippen LogP contribution is -2.47. The van der Waals surface area contributed by atoms with Gasteiger partial charge in [-0.05, 0) is 44.0 Å². The lowest BCUT2D eigenvalue weighted by molar-refractivity contribution is -0.121. The summed E-state index contributed by atoms with van der Waals surface area (Å²) < 4.78 is 13.2. The maximum absolute atomic E-state index is 13.2. The van der Waals surface area contributed by atoms with Crippen LogP contribution in [0.4, 0.5) is 10.1 Å². The van der Waals surface area contributed by atoms with Crippen molar-refractivity contribution in [3.63, 3.8) is 0 Å². The molecule has 0 aliphatic rings. The minimum atomic E-state index is -0.847. The number of nitrogens with one attached hydrogen (secondary N) is 1. The molecule has 0 aliphatic carbocycles. The van der Waals surface area contributed by atoms with E-state index in [2.05, 4.69) is 5.32 Å². The second-order valence-corrected chi connectivity index (χ2v) is 4.19. The number of carbonyl (C=O) groups excluding carboxylic acids is 1. The van der Waals surface area contributed by atoms with Gasteiger partial charge in [-0.2, -0.15) is 0 Å². The molecule has 3 nitrogen and oxygen atoms in total. The summed E-state index contributed by atoms with van der Waals surface area (Å²) in [6, 6.07) is 4.56. The number of benzene rings is 1. The topological polar surface area (TPSA) is 55.1 Å². The van der Waals surface area contributed by atoms with Gasteiger partial charge in [0.25, 0.3) is 0 Å². The zero-order valence-corrected chi connectivity index (χ0v) is 9.80. The van der Waals surface area contributed by atoms with E-state index in [1.165, 1.54) is 12.1 Å². The molecule has 3 N–H and O–H groups in total. The van der Waals surface area contributed by atoms with Gasteiger partial charge in [0.15, 0.2) is 0 Å². The molecule has 0 aliphatic heterocycles. The number of hydrogen-bond acceptors (Lipinski definition) is 2. The number of hydrogen-bond donors (Lipinski definition) is 2. The van der Waals surface area contributed by atoms with Gasteiger partial charge in [-0.1, -0.05) is 6.92 Å². The van der Waals surface area contributed by atoms with Crippen molar-refractivity contribution in [2.45, 2.75) is 32.7 Å². The highest BCUT2D eigenvalue weighted by Crippen LogP contribution is 2.20. The normalized spacial score (nSPS) is 14.2. The van der Waals surface area contributed by atoms with E-state index >= 15 is 0 Å². The van der Waals surface area contributed by atoms with E-state index in [0.717, 1.165) is 5.56 Å². The summed E-state index contributed by atoms with van der Waals surface area (Å²) >= 11 is 0. The number of halogens is 1. The maximum atomic E-state index is 13.2. The third-order valence-electron chi connectivity index (χ3n) is 2.71. The first-order chi connectivity index (χ1) is 7.37. The average molecular weight is 224 g/mol. The van der Waals surface area contributed by atoms with Crippen LogP contribution in [0.5, 0.6) is 0 Å². The molecule has 1 aromatic rings. The Hall–Kier alpha value is -1.58. The van der Waals surface area contributed by atoms with Crippen molar-refractivity contribution in [1.82, 2.24) is 0 Å². The van der Waals surface area contributed by atoms with Gasteiger partial charge in [-0.25, -0.2) is 4.39 Å². The Kier molecular flexibility index (Phi) is 3.52. The molecule has 0 heterocycles. The Balaban J connectivity index is 2.99. The standard InChI is InChI=1S/C12H17FN2O/c1-4-12(3,11(14)16)15-10-6-8(2)5-9(13)7-10/h5-7,15H,4H2,1-3H3,(H2,14,16). The van der Waals surface area contributed by atoms with E-state index in [1.807, 2.05) is 6.92 Å². The molecule has 1 atom stereocenters. The van der Waals surface area contributed by atoms with Crippen molar-refractivity contribution in [2.75, 3.05) is 5.32 Å². The first kappa shape index (κ1) is 12.5. The molecule has 0 fully saturated rings. The zero-order chi connectivity index (χ0) is 12.3. The van der Waals surface area contributed by atoms with Crippen LogP contribution in [0.1, 0.15) is 25.8 Å². The number of amides is 1. The van der Waals surface area contributed by atoms with Crippen LogP contribution in [0.15, 0.2) is 18.2 Å². The van der Waals surface area contributed by atoms with Crippen LogP contribution in [0.25, 0.3) is 0 Å². The molecule has 0 saturated carbocycles. The average Bonchev–Trinajstić information content (AvgIpc) is 2.15. The molecule has 1 amide bonds. The van der Waals surface area contributed by atoms with Gasteiger partial charge in [0.1, 0.15) is 11.4 Å². The lowest BCUT2D eigenvalue weighted by Gasteiger charge is -2.27. The van der Waals surface area contributed by atoms with Crippen LogP contribution < -0.4 is 11.1 Å². The third-order valence-corrected chi connectivity index (χ3v) is 2.71. The first-order valence-corrected chi connectivity index (χ1v) is 5.22. The molecule has 4 heteroatoms. The predicted molar refractivity (Wildman–Crippen MR) is 62.7 cm³/mol. The van der Waals surface area contributed by atoms with Crippen LogP contribution in [0.2, 0.25) is 0 Å². The van der Waals surface area contributed by atoms with Crippen LogP contribution in [-0.4, -0.2) is 11.4 Å². The Morgan fingerprint density at radius 3 is 2.56 bits per heavy atom. The van der Waals surface area contributed by atoms with E-state index in [-0.39, 0.29) is 5.82 Å². The molecule has 0 aromatic heterocycles. The predicted octanol–water partition coefficient (Wildman–Crippen LogP) is 2.20. The van der Waals surface area contributed by atoms with Crippen LogP contribution in [0, 0.1) is 12.7 Å². The van der Waals surface area contributed by atoms with Crippen LogP contribution >= 0.6 is 0 Å². The Labute approximate surface area is 94.8 Å². The van der Waals surface area contributed by atoms with E-state index in [4.69, 9.17) is 5.73 Å². The molecule has 0 bridgehead atoms. The van der Waals surface area contributed by atoms with E-state index in [0.29, 0.717) is 12.1 Å². The fraction of sp³-hybridized carbons (Fsp3) is 0.417. The second kappa shape index (κ2) is 4.51. The monoisotopic (exact) mass is 224 g/mol. The summed E-state index contributed by atoms with van der Waals surface area (Å²) in [5.41, 5.74) is 5.83. The van der Waals surface area contributed by atoms with Crippen molar-refractivity contribution in [1.29, 1.82) is 0 Å². The number of primary amides is 1. The third kappa shape index (κ3) is 2.72. The van der Waals surface area contributed by atoms with E-state index in [1.54, 1.807) is 19.9 Å². The molecular weight excluding hydrogens is 207 g/mol. The zero-order valence-electron chi connectivity index (χ0n) is 9.80.